The van der Waals surface area contributed by atoms with Gasteiger partial charge in [-0.1, -0.05) is 19.4 Å². The minimum atomic E-state index is -0.845. The van der Waals surface area contributed by atoms with E-state index in [9.17, 15) is 14.3 Å². The minimum Gasteiger partial charge on any atom is -0.388 e. The average molecular weight is 293 g/mol. The Morgan fingerprint density at radius 2 is 2.10 bits per heavy atom. The summed E-state index contributed by atoms with van der Waals surface area (Å²) in [7, 11) is 0. The highest BCUT2D eigenvalue weighted by Gasteiger charge is 2.33. The molecule has 0 atom stereocenters. The van der Waals surface area contributed by atoms with E-state index in [0.29, 0.717) is 18.8 Å². The predicted octanol–water partition coefficient (Wildman–Crippen LogP) is 3.20. The zero-order valence-corrected chi connectivity index (χ0v) is 12.8. The van der Waals surface area contributed by atoms with E-state index < -0.39 is 17.3 Å². The number of hydrogen-bond donors (Lipinski definition) is 2. The normalized spacial score (nSPS) is 25.6. The van der Waals surface area contributed by atoms with Crippen molar-refractivity contribution in [3.8, 4) is 0 Å². The first-order valence-electron chi connectivity index (χ1n) is 7.70. The Balaban J connectivity index is 1.92. The van der Waals surface area contributed by atoms with E-state index in [-0.39, 0.29) is 12.1 Å². The van der Waals surface area contributed by atoms with Crippen LogP contribution in [0.4, 0.5) is 4.39 Å². The van der Waals surface area contributed by atoms with Crippen molar-refractivity contribution in [3.63, 3.8) is 0 Å². The lowest BCUT2D eigenvalue weighted by Crippen LogP contribution is -2.45. The van der Waals surface area contributed by atoms with Gasteiger partial charge in [-0.25, -0.2) is 4.39 Å². The number of benzene rings is 1. The Hall–Kier alpha value is -1.42. The summed E-state index contributed by atoms with van der Waals surface area (Å²) in [4.78, 5) is 12.0. The maximum absolute atomic E-state index is 13.7. The third kappa shape index (κ3) is 4.03. The second-order valence-corrected chi connectivity index (χ2v) is 6.24. The molecule has 1 aromatic rings. The summed E-state index contributed by atoms with van der Waals surface area (Å²) >= 11 is 0. The van der Waals surface area contributed by atoms with Gasteiger partial charge in [0, 0.05) is 6.54 Å². The number of aryl methyl sites for hydroxylation is 1. The fourth-order valence-electron chi connectivity index (χ4n) is 2.94. The molecule has 1 amide bonds. The lowest BCUT2D eigenvalue weighted by molar-refractivity contribution is -0.00789. The third-order valence-corrected chi connectivity index (χ3v) is 4.56. The van der Waals surface area contributed by atoms with Crippen LogP contribution in [0.5, 0.6) is 0 Å². The molecule has 0 radical (unpaired) electrons. The zero-order chi connectivity index (χ0) is 15.5. The van der Waals surface area contributed by atoms with Gasteiger partial charge >= 0.3 is 0 Å². The molecule has 21 heavy (non-hydrogen) atoms. The molecule has 0 spiro atoms. The highest BCUT2D eigenvalue weighted by Crippen LogP contribution is 2.33. The molecule has 0 unspecified atom stereocenters. The van der Waals surface area contributed by atoms with Crippen molar-refractivity contribution in [1.29, 1.82) is 0 Å². The van der Waals surface area contributed by atoms with E-state index >= 15 is 0 Å². The van der Waals surface area contributed by atoms with Gasteiger partial charge in [0.05, 0.1) is 11.2 Å². The van der Waals surface area contributed by atoms with Crippen LogP contribution in [0.3, 0.4) is 0 Å². The molecule has 116 valence electrons. The molecule has 0 bridgehead atoms. The summed E-state index contributed by atoms with van der Waals surface area (Å²) in [5, 5.41) is 13.2. The number of rotatable bonds is 4. The molecule has 0 heterocycles. The molecule has 1 aromatic carbocycles. The largest absolute Gasteiger partial charge is 0.388 e. The second-order valence-electron chi connectivity index (χ2n) is 6.24. The molecule has 1 fully saturated rings. The quantitative estimate of drug-likeness (QED) is 0.895. The van der Waals surface area contributed by atoms with Crippen LogP contribution in [-0.4, -0.2) is 23.2 Å². The van der Waals surface area contributed by atoms with Gasteiger partial charge in [-0.3, -0.25) is 4.79 Å². The highest BCUT2D eigenvalue weighted by molar-refractivity contribution is 5.94. The third-order valence-electron chi connectivity index (χ3n) is 4.56. The van der Waals surface area contributed by atoms with Gasteiger partial charge in [0.1, 0.15) is 5.82 Å². The number of nitrogens with one attached hydrogen (secondary N) is 1. The number of aliphatic hydroxyl groups is 1. The van der Waals surface area contributed by atoms with Gasteiger partial charge in [-0.05, 0) is 56.2 Å². The van der Waals surface area contributed by atoms with Crippen LogP contribution in [0, 0.1) is 18.7 Å². The molecule has 3 nitrogen and oxygen atoms in total. The monoisotopic (exact) mass is 293 g/mol. The van der Waals surface area contributed by atoms with E-state index in [0.717, 1.165) is 24.8 Å². The Morgan fingerprint density at radius 1 is 1.43 bits per heavy atom. The summed E-state index contributed by atoms with van der Waals surface area (Å²) in [6.07, 6.45) is 4.50. The molecular weight excluding hydrogens is 269 g/mol. The molecule has 1 saturated carbocycles. The number of carbonyl (C=O) groups excluding carboxylic acids is 1. The topological polar surface area (TPSA) is 49.3 Å². The first kappa shape index (κ1) is 16.0. The van der Waals surface area contributed by atoms with E-state index in [1.807, 2.05) is 0 Å². The minimum absolute atomic E-state index is 0.0337. The summed E-state index contributed by atoms with van der Waals surface area (Å²) in [6, 6.07) is 4.53. The predicted molar refractivity (Wildman–Crippen MR) is 80.7 cm³/mol. The van der Waals surface area contributed by atoms with Crippen molar-refractivity contribution >= 4 is 5.91 Å². The van der Waals surface area contributed by atoms with Crippen molar-refractivity contribution in [3.05, 3.63) is 35.1 Å². The summed E-state index contributed by atoms with van der Waals surface area (Å²) in [5.74, 6) is -0.303. The van der Waals surface area contributed by atoms with Gasteiger partial charge in [0.2, 0.25) is 0 Å². The summed E-state index contributed by atoms with van der Waals surface area (Å²) in [5.41, 5.74) is -0.0327. The summed E-state index contributed by atoms with van der Waals surface area (Å²) in [6.45, 7) is 4.13. The zero-order valence-electron chi connectivity index (χ0n) is 12.8. The molecule has 2 N–H and O–H groups in total. The van der Waals surface area contributed by atoms with Crippen LogP contribution in [0.15, 0.2) is 18.2 Å². The standard InChI is InChI=1S/C17H24FNO2/c1-3-13-6-8-17(21,9-7-13)11-19-16(20)14-5-4-12(2)10-15(14)18/h4-5,10,13,21H,3,6-9,11H2,1-2H3,(H,19,20). The fourth-order valence-corrected chi connectivity index (χ4v) is 2.94. The van der Waals surface area contributed by atoms with E-state index in [2.05, 4.69) is 12.2 Å². The molecule has 0 aromatic heterocycles. The van der Waals surface area contributed by atoms with Gasteiger partial charge in [-0.2, -0.15) is 0 Å². The molecule has 2 rings (SSSR count). The van der Waals surface area contributed by atoms with Crippen molar-refractivity contribution < 1.29 is 14.3 Å². The molecule has 1 aliphatic carbocycles. The van der Waals surface area contributed by atoms with Gasteiger partial charge in [0.15, 0.2) is 0 Å². The Morgan fingerprint density at radius 3 is 2.67 bits per heavy atom. The molecule has 0 saturated heterocycles. The maximum atomic E-state index is 13.7. The van der Waals surface area contributed by atoms with Crippen LogP contribution < -0.4 is 5.32 Å². The molecule has 1 aliphatic rings. The van der Waals surface area contributed by atoms with Crippen molar-refractivity contribution in [2.75, 3.05) is 6.54 Å². The van der Waals surface area contributed by atoms with Gasteiger partial charge in [-0.15, -0.1) is 0 Å². The van der Waals surface area contributed by atoms with E-state index in [1.54, 1.807) is 13.0 Å². The van der Waals surface area contributed by atoms with Gasteiger partial charge in [0.25, 0.3) is 5.91 Å². The second kappa shape index (κ2) is 6.56. The van der Waals surface area contributed by atoms with Gasteiger partial charge < -0.3 is 10.4 Å². The summed E-state index contributed by atoms with van der Waals surface area (Å²) < 4.78 is 13.7. The van der Waals surface area contributed by atoms with Crippen LogP contribution in [0.2, 0.25) is 0 Å². The van der Waals surface area contributed by atoms with Crippen molar-refractivity contribution in [1.82, 2.24) is 5.32 Å². The number of hydrogen-bond acceptors (Lipinski definition) is 2. The number of amides is 1. The van der Waals surface area contributed by atoms with Crippen LogP contribution in [-0.2, 0) is 0 Å². The SMILES string of the molecule is CCC1CCC(O)(CNC(=O)c2ccc(C)cc2F)CC1. The van der Waals surface area contributed by atoms with Crippen LogP contribution in [0.25, 0.3) is 0 Å². The van der Waals surface area contributed by atoms with Crippen molar-refractivity contribution in [2.24, 2.45) is 5.92 Å². The van der Waals surface area contributed by atoms with Crippen LogP contribution in [0.1, 0.15) is 54.9 Å². The highest BCUT2D eigenvalue weighted by atomic mass is 19.1. The lowest BCUT2D eigenvalue weighted by Gasteiger charge is -2.35. The Labute approximate surface area is 125 Å². The van der Waals surface area contributed by atoms with E-state index in [1.165, 1.54) is 12.1 Å². The molecular formula is C17H24FNO2. The first-order chi connectivity index (χ1) is 9.93. The first-order valence-corrected chi connectivity index (χ1v) is 7.70. The number of carbonyl (C=O) groups is 1. The fraction of sp³-hybridized carbons (Fsp3) is 0.588. The Bertz CT molecular complexity index is 508. The smallest absolute Gasteiger partial charge is 0.254 e. The van der Waals surface area contributed by atoms with E-state index in [4.69, 9.17) is 0 Å². The van der Waals surface area contributed by atoms with Crippen molar-refractivity contribution in [2.45, 2.75) is 51.6 Å². The lowest BCUT2D eigenvalue weighted by atomic mass is 9.78. The number of halogens is 1. The Kier molecular flexibility index (Phi) is 4.99. The van der Waals surface area contributed by atoms with Crippen LogP contribution >= 0.6 is 0 Å². The molecule has 0 aliphatic heterocycles. The maximum Gasteiger partial charge on any atom is 0.254 e. The average Bonchev–Trinajstić information content (AvgIpc) is 2.46. The molecule has 4 heteroatoms.